The summed E-state index contributed by atoms with van der Waals surface area (Å²) in [4.78, 5) is 29.2. The number of aromatic nitrogens is 5. The molecule has 0 atom stereocenters. The van der Waals surface area contributed by atoms with Crippen LogP contribution in [0.5, 0.6) is 0 Å². The number of nitrogens with zero attached hydrogens (tertiary/aromatic N) is 5. The first-order chi connectivity index (χ1) is 8.90. The van der Waals surface area contributed by atoms with Crippen LogP contribution in [0.2, 0.25) is 5.28 Å². The van der Waals surface area contributed by atoms with E-state index >= 15 is 0 Å². The van der Waals surface area contributed by atoms with Crippen molar-refractivity contribution in [2.24, 2.45) is 7.05 Å². The van der Waals surface area contributed by atoms with Gasteiger partial charge < -0.3 is 0 Å². The average Bonchev–Trinajstić information content (AvgIpc) is 2.59. The van der Waals surface area contributed by atoms with Crippen LogP contribution in [0.3, 0.4) is 0 Å². The summed E-state index contributed by atoms with van der Waals surface area (Å²) in [6.45, 7) is 1.46. The first-order valence-electron chi connectivity index (χ1n) is 4.88. The summed E-state index contributed by atoms with van der Waals surface area (Å²) in [5.74, 6) is 0. The molecule has 0 unspecified atom stereocenters. The number of nitrogens with one attached hydrogen (secondary N) is 1. The van der Waals surface area contributed by atoms with Crippen LogP contribution in [0.1, 0.15) is 5.69 Å². The number of aryl methyl sites for hydroxylation is 1. The molecule has 0 aliphatic rings. The van der Waals surface area contributed by atoms with Crippen LogP contribution in [0.25, 0.3) is 0 Å². The fraction of sp³-hybridized carbons (Fsp3) is 0.250. The smallest absolute Gasteiger partial charge is 0.273 e. The van der Waals surface area contributed by atoms with E-state index in [0.29, 0.717) is 0 Å². The molecule has 2 aromatic heterocycles. The second kappa shape index (κ2) is 4.97. The Labute approximate surface area is 115 Å². The van der Waals surface area contributed by atoms with E-state index in [1.807, 2.05) is 0 Å². The molecule has 100 valence electrons. The Hall–Kier alpha value is -1.94. The minimum Gasteiger partial charge on any atom is -0.273 e. The molecule has 0 bridgehead atoms. The van der Waals surface area contributed by atoms with Gasteiger partial charge in [0.15, 0.2) is 10.2 Å². The van der Waals surface area contributed by atoms with Gasteiger partial charge in [0.2, 0.25) is 5.28 Å². The van der Waals surface area contributed by atoms with Crippen molar-refractivity contribution in [1.82, 2.24) is 24.7 Å². The molecule has 2 heterocycles. The second-order valence-electron chi connectivity index (χ2n) is 3.46. The van der Waals surface area contributed by atoms with Gasteiger partial charge in [0, 0.05) is 7.05 Å². The monoisotopic (exact) mass is 302 g/mol. The van der Waals surface area contributed by atoms with Gasteiger partial charge in [0.25, 0.3) is 0 Å². The lowest BCUT2D eigenvalue weighted by molar-refractivity contribution is -0.389. The molecule has 0 fully saturated rings. The van der Waals surface area contributed by atoms with E-state index in [0.717, 1.165) is 11.8 Å². The van der Waals surface area contributed by atoms with Crippen molar-refractivity contribution in [3.8, 4) is 0 Å². The minimum absolute atomic E-state index is 0.0320. The van der Waals surface area contributed by atoms with Gasteiger partial charge in [0.1, 0.15) is 5.69 Å². The lowest BCUT2D eigenvalue weighted by Gasteiger charge is -2.03. The highest BCUT2D eigenvalue weighted by atomic mass is 35.5. The van der Waals surface area contributed by atoms with Crippen molar-refractivity contribution in [3.05, 3.63) is 31.6 Å². The Bertz CT molecular complexity index is 711. The van der Waals surface area contributed by atoms with Gasteiger partial charge in [-0.15, -0.1) is 5.10 Å². The van der Waals surface area contributed by atoms with Crippen LogP contribution < -0.4 is 5.69 Å². The molecule has 9 nitrogen and oxygen atoms in total. The van der Waals surface area contributed by atoms with Crippen molar-refractivity contribution in [3.63, 3.8) is 0 Å². The molecular formula is C8H7ClN6O3S. The number of nitro groups is 1. The zero-order chi connectivity index (χ0) is 14.2. The minimum atomic E-state index is -0.598. The van der Waals surface area contributed by atoms with E-state index in [2.05, 4.69) is 20.2 Å². The molecular weight excluding hydrogens is 296 g/mol. The first-order valence-corrected chi connectivity index (χ1v) is 6.07. The van der Waals surface area contributed by atoms with Gasteiger partial charge in [-0.1, -0.05) is 0 Å². The molecule has 0 spiro atoms. The maximum atomic E-state index is 11.2. The summed E-state index contributed by atoms with van der Waals surface area (Å²) in [6, 6.07) is 0. The van der Waals surface area contributed by atoms with Crippen molar-refractivity contribution in [2.45, 2.75) is 17.1 Å². The molecule has 0 saturated heterocycles. The molecule has 0 radical (unpaired) electrons. The van der Waals surface area contributed by atoms with E-state index in [9.17, 15) is 14.9 Å². The van der Waals surface area contributed by atoms with E-state index in [1.165, 1.54) is 18.5 Å². The fourth-order valence-electron chi connectivity index (χ4n) is 1.30. The van der Waals surface area contributed by atoms with E-state index in [4.69, 9.17) is 11.6 Å². The van der Waals surface area contributed by atoms with Crippen LogP contribution in [0.15, 0.2) is 15.0 Å². The molecule has 2 rings (SSSR count). The Morgan fingerprint density at radius 3 is 2.68 bits per heavy atom. The maximum Gasteiger partial charge on any atom is 0.343 e. The molecule has 1 N–H and O–H groups in total. The highest BCUT2D eigenvalue weighted by Crippen LogP contribution is 2.33. The predicted molar refractivity (Wildman–Crippen MR) is 66.4 cm³/mol. The molecule has 0 saturated carbocycles. The van der Waals surface area contributed by atoms with Gasteiger partial charge in [-0.25, -0.2) is 19.9 Å². The molecule has 11 heteroatoms. The summed E-state index contributed by atoms with van der Waals surface area (Å²) < 4.78 is 1.21. The van der Waals surface area contributed by atoms with Gasteiger partial charge in [-0.3, -0.25) is 14.7 Å². The van der Waals surface area contributed by atoms with Crippen molar-refractivity contribution >= 4 is 29.1 Å². The van der Waals surface area contributed by atoms with Crippen LogP contribution >= 0.6 is 23.4 Å². The first kappa shape index (κ1) is 13.5. The number of hydrogen-bond acceptors (Lipinski definition) is 7. The molecule has 0 aromatic carbocycles. The van der Waals surface area contributed by atoms with E-state index in [1.54, 1.807) is 0 Å². The largest absolute Gasteiger partial charge is 0.343 e. The van der Waals surface area contributed by atoms with Gasteiger partial charge in [0.05, 0.1) is 4.92 Å². The zero-order valence-electron chi connectivity index (χ0n) is 9.75. The molecule has 19 heavy (non-hydrogen) atoms. The number of rotatable bonds is 3. The maximum absolute atomic E-state index is 11.2. The third-order valence-electron chi connectivity index (χ3n) is 2.21. The van der Waals surface area contributed by atoms with Crippen molar-refractivity contribution < 1.29 is 4.92 Å². The SMILES string of the molecule is Cc1nc(Cl)nc(Sc2n[nH]c(=O)n2C)c1[N+](=O)[O-]. The number of hydrogen-bond donors (Lipinski definition) is 1. The van der Waals surface area contributed by atoms with E-state index < -0.39 is 10.6 Å². The third kappa shape index (κ3) is 2.58. The normalized spacial score (nSPS) is 10.7. The number of H-pyrrole nitrogens is 1. The Morgan fingerprint density at radius 1 is 1.47 bits per heavy atom. The lowest BCUT2D eigenvalue weighted by atomic mass is 10.4. The van der Waals surface area contributed by atoms with Crippen LogP contribution in [0.4, 0.5) is 5.69 Å². The Morgan fingerprint density at radius 2 is 2.16 bits per heavy atom. The van der Waals surface area contributed by atoms with Crippen LogP contribution in [-0.2, 0) is 7.05 Å². The quantitative estimate of drug-likeness (QED) is 0.387. The summed E-state index contributed by atoms with van der Waals surface area (Å²) in [7, 11) is 1.48. The molecule has 0 aliphatic carbocycles. The second-order valence-corrected chi connectivity index (χ2v) is 4.76. The van der Waals surface area contributed by atoms with Crippen LogP contribution in [0, 0.1) is 17.0 Å². The molecule has 0 aliphatic heterocycles. The number of aromatic amines is 1. The predicted octanol–water partition coefficient (Wildman–Crippen LogP) is 0.920. The van der Waals surface area contributed by atoms with Gasteiger partial charge in [-0.05, 0) is 30.3 Å². The lowest BCUT2D eigenvalue weighted by Crippen LogP contribution is -2.13. The third-order valence-corrected chi connectivity index (χ3v) is 3.40. The van der Waals surface area contributed by atoms with Crippen LogP contribution in [-0.4, -0.2) is 29.7 Å². The van der Waals surface area contributed by atoms with Gasteiger partial charge >= 0.3 is 11.4 Å². The highest BCUT2D eigenvalue weighted by molar-refractivity contribution is 7.99. The number of halogens is 1. The Kier molecular flexibility index (Phi) is 3.53. The van der Waals surface area contributed by atoms with Crippen molar-refractivity contribution in [1.29, 1.82) is 0 Å². The molecule has 2 aromatic rings. The summed E-state index contributed by atoms with van der Waals surface area (Å²) >= 11 is 6.54. The standard InChI is InChI=1S/C8H7ClN6O3S/c1-3-4(15(17)18)5(11-6(9)10-3)19-8-13-12-7(16)14(8)2/h1-2H3,(H,12,16). The summed E-state index contributed by atoms with van der Waals surface area (Å²) in [6.07, 6.45) is 0. The highest BCUT2D eigenvalue weighted by Gasteiger charge is 2.24. The molecule has 0 amide bonds. The van der Waals surface area contributed by atoms with E-state index in [-0.39, 0.29) is 26.8 Å². The van der Waals surface area contributed by atoms with Gasteiger partial charge in [-0.2, -0.15) is 0 Å². The fourth-order valence-corrected chi connectivity index (χ4v) is 2.50. The Balaban J connectivity index is 2.53. The average molecular weight is 303 g/mol. The zero-order valence-corrected chi connectivity index (χ0v) is 11.3. The topological polar surface area (TPSA) is 120 Å². The summed E-state index contributed by atoms with van der Waals surface area (Å²) in [5.41, 5.74) is -0.542. The summed E-state index contributed by atoms with van der Waals surface area (Å²) in [5, 5.41) is 17.1. The van der Waals surface area contributed by atoms with Crippen molar-refractivity contribution in [2.75, 3.05) is 0 Å².